The lowest BCUT2D eigenvalue weighted by Crippen LogP contribution is -2.54. The van der Waals surface area contributed by atoms with Crippen molar-refractivity contribution in [2.45, 2.75) is 19.8 Å². The molecule has 1 unspecified atom stereocenters. The summed E-state index contributed by atoms with van der Waals surface area (Å²) in [6.07, 6.45) is 9.59. The first-order chi connectivity index (χ1) is 16.5. The lowest BCUT2D eigenvalue weighted by atomic mass is 9.71. The molecular weight excluding hydrogens is 467 g/mol. The number of amidine groups is 1. The fourth-order valence-corrected chi connectivity index (χ4v) is 5.31. The number of pyridine rings is 1. The predicted molar refractivity (Wildman–Crippen MR) is 138 cm³/mol. The molecule has 0 radical (unpaired) electrons. The van der Waals surface area contributed by atoms with Gasteiger partial charge in [0.25, 0.3) is 0 Å². The van der Waals surface area contributed by atoms with Crippen molar-refractivity contribution in [3.8, 4) is 6.07 Å². The molecule has 0 saturated carbocycles. The van der Waals surface area contributed by atoms with Gasteiger partial charge in [-0.05, 0) is 48.7 Å². The molecule has 1 aromatic carbocycles. The van der Waals surface area contributed by atoms with Crippen molar-refractivity contribution in [2.24, 2.45) is 15.6 Å². The molecule has 8 heteroatoms. The molecule has 1 saturated heterocycles. The van der Waals surface area contributed by atoms with Gasteiger partial charge in [0.05, 0.1) is 16.7 Å². The molecular formula is C26H24Cl2N6. The van der Waals surface area contributed by atoms with Crippen LogP contribution in [0, 0.1) is 16.7 Å². The van der Waals surface area contributed by atoms with Crippen LogP contribution in [0.3, 0.4) is 0 Å². The zero-order valence-corrected chi connectivity index (χ0v) is 20.4. The van der Waals surface area contributed by atoms with E-state index in [0.717, 1.165) is 55.5 Å². The summed E-state index contributed by atoms with van der Waals surface area (Å²) in [4.78, 5) is 9.05. The number of hydrogen-bond acceptors (Lipinski definition) is 6. The molecule has 1 fully saturated rings. The van der Waals surface area contributed by atoms with Crippen LogP contribution in [0.1, 0.15) is 24.5 Å². The molecule has 172 valence electrons. The summed E-state index contributed by atoms with van der Waals surface area (Å²) in [5.74, 6) is 1.92. The second-order valence-corrected chi connectivity index (χ2v) is 9.76. The van der Waals surface area contributed by atoms with Gasteiger partial charge in [0.1, 0.15) is 17.7 Å². The molecule has 3 aliphatic rings. The van der Waals surface area contributed by atoms with Gasteiger partial charge in [-0.2, -0.15) is 10.4 Å². The Labute approximate surface area is 209 Å². The van der Waals surface area contributed by atoms with E-state index >= 15 is 0 Å². The van der Waals surface area contributed by atoms with Crippen LogP contribution in [0.25, 0.3) is 0 Å². The molecule has 5 rings (SSSR count). The van der Waals surface area contributed by atoms with Gasteiger partial charge in [-0.3, -0.25) is 0 Å². The first-order valence-electron chi connectivity index (χ1n) is 11.3. The highest BCUT2D eigenvalue weighted by Gasteiger charge is 2.43. The summed E-state index contributed by atoms with van der Waals surface area (Å²) in [5.41, 5.74) is 3.47. The van der Waals surface area contributed by atoms with Crippen molar-refractivity contribution < 1.29 is 0 Å². The van der Waals surface area contributed by atoms with Crippen molar-refractivity contribution in [2.75, 3.05) is 31.1 Å². The molecule has 0 N–H and O–H groups in total. The van der Waals surface area contributed by atoms with Crippen LogP contribution in [0.15, 0.2) is 70.5 Å². The Kier molecular flexibility index (Phi) is 6.16. The molecule has 2 aliphatic heterocycles. The lowest BCUT2D eigenvalue weighted by molar-refractivity contribution is 0.343. The first kappa shape index (κ1) is 22.6. The first-order valence-corrected chi connectivity index (χ1v) is 12.1. The van der Waals surface area contributed by atoms with E-state index in [1.807, 2.05) is 24.3 Å². The van der Waals surface area contributed by atoms with Crippen LogP contribution >= 0.6 is 23.2 Å². The Morgan fingerprint density at radius 3 is 2.56 bits per heavy atom. The SMILES string of the molecule is CC12CC=CC=C1C(Cc1ccc(Cl)cc1Cl)=NN=C2N1CCN(c2ccc(C#N)cn2)CC1. The largest absolute Gasteiger partial charge is 0.354 e. The molecule has 3 heterocycles. The van der Waals surface area contributed by atoms with E-state index in [1.165, 1.54) is 5.57 Å². The minimum Gasteiger partial charge on any atom is -0.354 e. The summed E-state index contributed by atoms with van der Waals surface area (Å²) >= 11 is 12.5. The zero-order valence-electron chi connectivity index (χ0n) is 18.9. The van der Waals surface area contributed by atoms with Crippen molar-refractivity contribution in [1.82, 2.24) is 9.88 Å². The van der Waals surface area contributed by atoms with E-state index in [4.69, 9.17) is 33.6 Å². The fourth-order valence-electron chi connectivity index (χ4n) is 4.84. The number of piperazine rings is 1. The topological polar surface area (TPSA) is 67.9 Å². The van der Waals surface area contributed by atoms with E-state index in [-0.39, 0.29) is 5.41 Å². The molecule has 2 aromatic rings. The number of hydrogen-bond donors (Lipinski definition) is 0. The van der Waals surface area contributed by atoms with E-state index in [0.29, 0.717) is 22.0 Å². The Bertz CT molecular complexity index is 1260. The van der Waals surface area contributed by atoms with E-state index in [1.54, 1.807) is 12.3 Å². The summed E-state index contributed by atoms with van der Waals surface area (Å²) < 4.78 is 0. The van der Waals surface area contributed by atoms with Gasteiger partial charge in [-0.25, -0.2) is 4.98 Å². The molecule has 0 amide bonds. The highest BCUT2D eigenvalue weighted by atomic mass is 35.5. The standard InChI is InChI=1S/C26H24Cl2N6/c1-26-9-3-2-4-21(26)23(14-19-6-7-20(27)15-22(19)28)31-32-25(26)34-12-10-33(11-13-34)24-8-5-18(16-29)17-30-24/h2-8,15,17H,9-14H2,1H3. The summed E-state index contributed by atoms with van der Waals surface area (Å²) in [5, 5.41) is 19.7. The van der Waals surface area contributed by atoms with Gasteiger partial charge in [0.15, 0.2) is 0 Å². The smallest absolute Gasteiger partial charge is 0.138 e. The van der Waals surface area contributed by atoms with Crippen LogP contribution in [0.5, 0.6) is 0 Å². The normalized spacial score (nSPS) is 21.9. The van der Waals surface area contributed by atoms with Crippen molar-refractivity contribution in [3.05, 3.63) is 81.5 Å². The van der Waals surface area contributed by atoms with Crippen molar-refractivity contribution in [3.63, 3.8) is 0 Å². The number of aromatic nitrogens is 1. The van der Waals surface area contributed by atoms with Crippen molar-refractivity contribution >= 4 is 40.6 Å². The van der Waals surface area contributed by atoms with Crippen LogP contribution in [0.2, 0.25) is 10.0 Å². The van der Waals surface area contributed by atoms with Gasteiger partial charge in [-0.15, -0.1) is 5.10 Å². The summed E-state index contributed by atoms with van der Waals surface area (Å²) in [6.45, 7) is 5.59. The Morgan fingerprint density at radius 2 is 1.85 bits per heavy atom. The van der Waals surface area contributed by atoms with Crippen molar-refractivity contribution in [1.29, 1.82) is 5.26 Å². The number of fused-ring (bicyclic) bond motifs is 1. The minimum atomic E-state index is -0.237. The molecule has 6 nitrogen and oxygen atoms in total. The Morgan fingerprint density at radius 1 is 1.06 bits per heavy atom. The van der Waals surface area contributed by atoms with E-state index in [9.17, 15) is 0 Å². The average molecular weight is 491 g/mol. The quantitative estimate of drug-likeness (QED) is 0.586. The maximum atomic E-state index is 9.01. The highest BCUT2D eigenvalue weighted by Crippen LogP contribution is 2.41. The van der Waals surface area contributed by atoms with E-state index in [2.05, 4.69) is 51.1 Å². The second kappa shape index (κ2) is 9.25. The molecule has 1 aliphatic carbocycles. The number of rotatable bonds is 3. The summed E-state index contributed by atoms with van der Waals surface area (Å²) in [6, 6.07) is 11.4. The minimum absolute atomic E-state index is 0.237. The third-order valence-corrected chi connectivity index (χ3v) is 7.33. The van der Waals surface area contributed by atoms with Crippen LogP contribution < -0.4 is 4.90 Å². The number of halogens is 2. The monoisotopic (exact) mass is 490 g/mol. The third-order valence-electron chi connectivity index (χ3n) is 6.74. The molecule has 1 aromatic heterocycles. The predicted octanol–water partition coefficient (Wildman–Crippen LogP) is 5.29. The van der Waals surface area contributed by atoms with Crippen LogP contribution in [0.4, 0.5) is 5.82 Å². The number of nitriles is 1. The Balaban J connectivity index is 1.37. The van der Waals surface area contributed by atoms with Crippen LogP contribution in [-0.2, 0) is 6.42 Å². The molecule has 0 bridgehead atoms. The third kappa shape index (κ3) is 4.22. The molecule has 34 heavy (non-hydrogen) atoms. The van der Waals surface area contributed by atoms with Gasteiger partial charge in [-0.1, -0.05) is 47.5 Å². The average Bonchev–Trinajstić information content (AvgIpc) is 2.86. The number of nitrogens with zero attached hydrogens (tertiary/aromatic N) is 6. The molecule has 0 spiro atoms. The number of benzene rings is 1. The zero-order chi connectivity index (χ0) is 23.7. The summed E-state index contributed by atoms with van der Waals surface area (Å²) in [7, 11) is 0. The maximum Gasteiger partial charge on any atom is 0.138 e. The molecule has 1 atom stereocenters. The van der Waals surface area contributed by atoms with Gasteiger partial charge in [0.2, 0.25) is 0 Å². The number of allylic oxidation sites excluding steroid dienone is 3. The lowest BCUT2D eigenvalue weighted by Gasteiger charge is -2.45. The number of anilines is 1. The van der Waals surface area contributed by atoms with E-state index < -0.39 is 0 Å². The highest BCUT2D eigenvalue weighted by molar-refractivity contribution is 6.35. The van der Waals surface area contributed by atoms with Gasteiger partial charge >= 0.3 is 0 Å². The van der Waals surface area contributed by atoms with Gasteiger partial charge in [0, 0.05) is 48.8 Å². The Hall–Kier alpha value is -3.14. The maximum absolute atomic E-state index is 9.01. The van der Waals surface area contributed by atoms with Crippen LogP contribution in [-0.4, -0.2) is 47.6 Å². The fraction of sp³-hybridized carbons (Fsp3) is 0.308. The van der Waals surface area contributed by atoms with Gasteiger partial charge < -0.3 is 9.80 Å². The second-order valence-electron chi connectivity index (χ2n) is 8.92.